The van der Waals surface area contributed by atoms with Gasteiger partial charge >= 0.3 is 0 Å². The van der Waals surface area contributed by atoms with Crippen molar-refractivity contribution in [2.45, 2.75) is 6.92 Å². The number of rotatable bonds is 2. The molecule has 0 aromatic rings. The van der Waals surface area contributed by atoms with Crippen LogP contribution in [0.3, 0.4) is 0 Å². The SMILES string of the molecule is CCON=NC. The number of hydrogen-bond acceptors (Lipinski definition) is 3. The Labute approximate surface area is 37.0 Å². The molecule has 0 aromatic carbocycles. The monoisotopic (exact) mass is 88.1 g/mol. The lowest BCUT2D eigenvalue weighted by molar-refractivity contribution is 0.137. The summed E-state index contributed by atoms with van der Waals surface area (Å²) in [5, 5.41) is 6.54. The van der Waals surface area contributed by atoms with E-state index in [0.29, 0.717) is 6.61 Å². The lowest BCUT2D eigenvalue weighted by atomic mass is 10.9. The van der Waals surface area contributed by atoms with Gasteiger partial charge in [-0.15, -0.1) is 0 Å². The van der Waals surface area contributed by atoms with Crippen molar-refractivity contribution in [1.82, 2.24) is 0 Å². The fourth-order valence-corrected chi connectivity index (χ4v) is 0.115. The number of nitrogens with zero attached hydrogens (tertiary/aromatic N) is 2. The van der Waals surface area contributed by atoms with Crippen LogP contribution < -0.4 is 0 Å². The van der Waals surface area contributed by atoms with Gasteiger partial charge in [-0.3, -0.25) is 0 Å². The molecule has 6 heavy (non-hydrogen) atoms. The van der Waals surface area contributed by atoms with Gasteiger partial charge in [-0.05, 0) is 6.92 Å². The molecule has 0 saturated carbocycles. The third-order valence-corrected chi connectivity index (χ3v) is 0.268. The molecule has 0 bridgehead atoms. The van der Waals surface area contributed by atoms with Gasteiger partial charge in [0, 0.05) is 5.28 Å². The van der Waals surface area contributed by atoms with Crippen LogP contribution in [0.5, 0.6) is 0 Å². The van der Waals surface area contributed by atoms with E-state index in [1.165, 1.54) is 0 Å². The molecule has 36 valence electrons. The highest BCUT2D eigenvalue weighted by atomic mass is 16.6. The van der Waals surface area contributed by atoms with E-state index in [2.05, 4.69) is 15.2 Å². The van der Waals surface area contributed by atoms with Crippen LogP contribution in [0, 0.1) is 0 Å². The van der Waals surface area contributed by atoms with Gasteiger partial charge in [0.2, 0.25) is 0 Å². The fourth-order valence-electron chi connectivity index (χ4n) is 0.115. The molecule has 0 N–H and O–H groups in total. The van der Waals surface area contributed by atoms with Gasteiger partial charge in [-0.25, -0.2) is 0 Å². The van der Waals surface area contributed by atoms with Crippen molar-refractivity contribution in [3.8, 4) is 0 Å². The van der Waals surface area contributed by atoms with Gasteiger partial charge in [0.15, 0.2) is 0 Å². The first-order valence-electron chi connectivity index (χ1n) is 1.83. The molecule has 0 aliphatic rings. The Bertz CT molecular complexity index is 44.1. The summed E-state index contributed by atoms with van der Waals surface area (Å²) in [4.78, 5) is 4.44. The third kappa shape index (κ3) is 3.40. The molecular formula is C3H8N2O. The minimum Gasteiger partial charge on any atom is -0.380 e. The lowest BCUT2D eigenvalue weighted by Crippen LogP contribution is -1.73. The molecule has 0 aliphatic heterocycles. The lowest BCUT2D eigenvalue weighted by Gasteiger charge is -1.82. The van der Waals surface area contributed by atoms with Gasteiger partial charge in [0.1, 0.15) is 6.61 Å². The highest BCUT2D eigenvalue weighted by Crippen LogP contribution is 1.71. The average Bonchev–Trinajstić information content (AvgIpc) is 1.61. The molecule has 3 nitrogen and oxygen atoms in total. The molecule has 0 atom stereocenters. The van der Waals surface area contributed by atoms with E-state index in [0.717, 1.165) is 0 Å². The largest absolute Gasteiger partial charge is 0.380 e. The molecule has 0 heterocycles. The summed E-state index contributed by atoms with van der Waals surface area (Å²) >= 11 is 0. The van der Waals surface area contributed by atoms with E-state index in [-0.39, 0.29) is 0 Å². The van der Waals surface area contributed by atoms with Gasteiger partial charge in [0.25, 0.3) is 0 Å². The van der Waals surface area contributed by atoms with Crippen molar-refractivity contribution in [1.29, 1.82) is 0 Å². The Kier molecular flexibility index (Phi) is 3.96. The Morgan fingerprint density at radius 2 is 2.33 bits per heavy atom. The van der Waals surface area contributed by atoms with Gasteiger partial charge in [-0.1, -0.05) is 0 Å². The van der Waals surface area contributed by atoms with Crippen LogP contribution in [0.15, 0.2) is 10.4 Å². The Morgan fingerprint density at radius 3 is 2.50 bits per heavy atom. The molecule has 0 aromatic heterocycles. The van der Waals surface area contributed by atoms with Crippen molar-refractivity contribution in [3.63, 3.8) is 0 Å². The predicted molar refractivity (Wildman–Crippen MR) is 22.4 cm³/mol. The van der Waals surface area contributed by atoms with Crippen molar-refractivity contribution in [2.24, 2.45) is 10.4 Å². The van der Waals surface area contributed by atoms with E-state index in [9.17, 15) is 0 Å². The first-order chi connectivity index (χ1) is 2.91. The molecule has 3 heteroatoms. The van der Waals surface area contributed by atoms with Gasteiger partial charge in [0.05, 0.1) is 7.05 Å². The molecule has 0 amide bonds. The number of hydrogen-bond donors (Lipinski definition) is 0. The first-order valence-corrected chi connectivity index (χ1v) is 1.83. The standard InChI is InChI=1S/C3H8N2O/c1-3-6-5-4-2/h3H2,1-2H3. The summed E-state index contributed by atoms with van der Waals surface area (Å²) < 4.78 is 0. The maximum atomic E-state index is 4.44. The normalized spacial score (nSPS) is 9.67. The zero-order chi connectivity index (χ0) is 4.83. The first kappa shape index (κ1) is 5.40. The molecule has 0 rings (SSSR count). The predicted octanol–water partition coefficient (Wildman–Crippen LogP) is 1.02. The topological polar surface area (TPSA) is 34.0 Å². The summed E-state index contributed by atoms with van der Waals surface area (Å²) in [6.45, 7) is 2.45. The third-order valence-electron chi connectivity index (χ3n) is 0.268. The van der Waals surface area contributed by atoms with Crippen molar-refractivity contribution < 1.29 is 4.84 Å². The van der Waals surface area contributed by atoms with Crippen molar-refractivity contribution in [3.05, 3.63) is 0 Å². The Hall–Kier alpha value is -0.600. The zero-order valence-electron chi connectivity index (χ0n) is 4.01. The smallest absolute Gasteiger partial charge is 0.116 e. The molecule has 0 saturated heterocycles. The summed E-state index contributed by atoms with van der Waals surface area (Å²) in [7, 11) is 1.57. The van der Waals surface area contributed by atoms with Crippen LogP contribution in [0.4, 0.5) is 0 Å². The van der Waals surface area contributed by atoms with E-state index in [1.54, 1.807) is 7.05 Å². The summed E-state index contributed by atoms with van der Waals surface area (Å²) in [6.07, 6.45) is 0. The highest BCUT2D eigenvalue weighted by molar-refractivity contribution is 3.99. The molecule has 0 unspecified atom stereocenters. The van der Waals surface area contributed by atoms with Gasteiger partial charge < -0.3 is 4.84 Å². The van der Waals surface area contributed by atoms with Crippen molar-refractivity contribution in [2.75, 3.05) is 13.7 Å². The summed E-state index contributed by atoms with van der Waals surface area (Å²) in [6, 6.07) is 0. The minimum absolute atomic E-state index is 0.595. The molecular weight excluding hydrogens is 80.0 g/mol. The quantitative estimate of drug-likeness (QED) is 0.366. The van der Waals surface area contributed by atoms with Gasteiger partial charge in [-0.2, -0.15) is 5.11 Å². The average molecular weight is 88.1 g/mol. The molecule has 0 aliphatic carbocycles. The van der Waals surface area contributed by atoms with E-state index in [1.807, 2.05) is 6.92 Å². The summed E-state index contributed by atoms with van der Waals surface area (Å²) in [5.41, 5.74) is 0. The second kappa shape index (κ2) is 4.40. The van der Waals surface area contributed by atoms with Crippen LogP contribution in [0.2, 0.25) is 0 Å². The van der Waals surface area contributed by atoms with E-state index >= 15 is 0 Å². The van der Waals surface area contributed by atoms with Crippen LogP contribution in [0.25, 0.3) is 0 Å². The van der Waals surface area contributed by atoms with Crippen LogP contribution in [-0.2, 0) is 4.84 Å². The fraction of sp³-hybridized carbons (Fsp3) is 1.00. The maximum absolute atomic E-state index is 4.44. The second-order valence-corrected chi connectivity index (χ2v) is 0.699. The highest BCUT2D eigenvalue weighted by Gasteiger charge is 1.62. The van der Waals surface area contributed by atoms with Crippen LogP contribution in [0.1, 0.15) is 6.92 Å². The molecule has 0 fully saturated rings. The minimum atomic E-state index is 0.595. The van der Waals surface area contributed by atoms with Crippen LogP contribution in [-0.4, -0.2) is 13.7 Å². The van der Waals surface area contributed by atoms with E-state index in [4.69, 9.17) is 0 Å². The maximum Gasteiger partial charge on any atom is 0.116 e. The Balaban J connectivity index is 2.66. The Morgan fingerprint density at radius 1 is 1.67 bits per heavy atom. The van der Waals surface area contributed by atoms with E-state index < -0.39 is 0 Å². The molecule has 0 radical (unpaired) electrons. The van der Waals surface area contributed by atoms with Crippen molar-refractivity contribution >= 4 is 0 Å². The zero-order valence-corrected chi connectivity index (χ0v) is 4.01. The second-order valence-electron chi connectivity index (χ2n) is 0.699. The summed E-state index contributed by atoms with van der Waals surface area (Å²) in [5.74, 6) is 0. The molecule has 0 spiro atoms. The van der Waals surface area contributed by atoms with Crippen LogP contribution >= 0.6 is 0 Å².